The minimum Gasteiger partial charge on any atom is -0.455 e. The van der Waals surface area contributed by atoms with E-state index in [0.717, 1.165) is 58.5 Å². The van der Waals surface area contributed by atoms with Crippen molar-refractivity contribution in [3.8, 4) is 0 Å². The van der Waals surface area contributed by atoms with Gasteiger partial charge in [-0.05, 0) is 44.1 Å². The third-order valence-corrected chi connectivity index (χ3v) is 9.48. The molecule has 178 valence electrons. The van der Waals surface area contributed by atoms with Gasteiger partial charge < -0.3 is 9.47 Å². The number of epoxide rings is 1. The number of hydrogen-bond acceptors (Lipinski definition) is 5. The molecule has 7 atom stereocenters. The molecule has 1 spiro atoms. The standard InChI is InChI=1S/C28H38N2O3/c1-20-10-11-24-22(25(31)32-28(24)23(20)12-13-27(2)26(28)33-27)19-30-17-15-29(16-18-30)14-6-9-21-7-4-3-5-8-21/h3-9,20,22-24,26H,10-19H2,1-2H3/b9-6+/t20-,22+,23-,24-,26+,27-,28-/m1/s1. The minimum absolute atomic E-state index is 0.0103. The molecular formula is C28H38N2O3. The van der Waals surface area contributed by atoms with Crippen LogP contribution in [0.3, 0.4) is 0 Å². The maximum atomic E-state index is 13.3. The molecule has 0 N–H and O–H groups in total. The maximum Gasteiger partial charge on any atom is 0.311 e. The first-order chi connectivity index (χ1) is 16.0. The van der Waals surface area contributed by atoms with Crippen molar-refractivity contribution in [1.82, 2.24) is 9.80 Å². The number of rotatable bonds is 5. The highest BCUT2D eigenvalue weighted by molar-refractivity contribution is 5.77. The molecule has 0 amide bonds. The molecule has 2 saturated carbocycles. The van der Waals surface area contributed by atoms with Crippen molar-refractivity contribution in [3.05, 3.63) is 42.0 Å². The molecule has 0 radical (unpaired) electrons. The van der Waals surface area contributed by atoms with Crippen LogP contribution in [0.4, 0.5) is 0 Å². The highest BCUT2D eigenvalue weighted by atomic mass is 16.7. The molecular weight excluding hydrogens is 412 g/mol. The van der Waals surface area contributed by atoms with Gasteiger partial charge in [0.1, 0.15) is 11.7 Å². The van der Waals surface area contributed by atoms with Gasteiger partial charge in [-0.15, -0.1) is 0 Å². The van der Waals surface area contributed by atoms with Crippen LogP contribution < -0.4 is 0 Å². The Morgan fingerprint density at radius 2 is 1.79 bits per heavy atom. The molecule has 5 nitrogen and oxygen atoms in total. The molecule has 1 aromatic carbocycles. The molecule has 5 aliphatic rings. The third kappa shape index (κ3) is 3.67. The van der Waals surface area contributed by atoms with E-state index in [-0.39, 0.29) is 29.2 Å². The highest BCUT2D eigenvalue weighted by Crippen LogP contribution is 2.66. The molecule has 5 fully saturated rings. The van der Waals surface area contributed by atoms with Crippen molar-refractivity contribution in [3.63, 3.8) is 0 Å². The van der Waals surface area contributed by atoms with Gasteiger partial charge in [-0.3, -0.25) is 14.6 Å². The van der Waals surface area contributed by atoms with Crippen molar-refractivity contribution in [1.29, 1.82) is 0 Å². The Morgan fingerprint density at radius 1 is 1.03 bits per heavy atom. The molecule has 2 aliphatic carbocycles. The predicted molar refractivity (Wildman–Crippen MR) is 129 cm³/mol. The number of fused-ring (bicyclic) bond motifs is 1. The van der Waals surface area contributed by atoms with Gasteiger partial charge in [0, 0.05) is 51.1 Å². The van der Waals surface area contributed by atoms with Gasteiger partial charge in [0.25, 0.3) is 0 Å². The monoisotopic (exact) mass is 450 g/mol. The van der Waals surface area contributed by atoms with Crippen LogP contribution in [0.1, 0.15) is 45.1 Å². The second kappa shape index (κ2) is 8.21. The summed E-state index contributed by atoms with van der Waals surface area (Å²) in [5.74, 6) is 1.47. The minimum atomic E-state index is -0.351. The second-order valence-electron chi connectivity index (χ2n) is 11.4. The van der Waals surface area contributed by atoms with E-state index in [9.17, 15) is 4.79 Å². The zero-order valence-electron chi connectivity index (χ0n) is 20.1. The summed E-state index contributed by atoms with van der Waals surface area (Å²) in [6, 6.07) is 10.5. The van der Waals surface area contributed by atoms with Crippen LogP contribution in [-0.2, 0) is 14.3 Å². The fourth-order valence-corrected chi connectivity index (χ4v) is 7.60. The molecule has 0 aromatic heterocycles. The lowest BCUT2D eigenvalue weighted by Gasteiger charge is -2.50. The predicted octanol–water partition coefficient (Wildman–Crippen LogP) is 3.84. The molecule has 0 bridgehead atoms. The lowest BCUT2D eigenvalue weighted by molar-refractivity contribution is -0.168. The molecule has 5 heteroatoms. The van der Waals surface area contributed by atoms with Gasteiger partial charge in [0.15, 0.2) is 0 Å². The number of carbonyl (C=O) groups is 1. The SMILES string of the molecule is C[C@@H]1CC[C@@H]2[C@H](CN3CCN(C/C=C/c4ccccc4)CC3)C(=O)O[C@]23[C@@H]1CC[C@@]1(C)O[C@H]31. The van der Waals surface area contributed by atoms with Gasteiger partial charge in [0.2, 0.25) is 0 Å². The van der Waals surface area contributed by atoms with Gasteiger partial charge in [-0.25, -0.2) is 0 Å². The Kier molecular flexibility index (Phi) is 5.43. The number of hydrogen-bond donors (Lipinski definition) is 0. The topological polar surface area (TPSA) is 45.3 Å². The van der Waals surface area contributed by atoms with Crippen molar-refractivity contribution in [2.24, 2.45) is 23.7 Å². The van der Waals surface area contributed by atoms with Crippen LogP contribution in [0, 0.1) is 23.7 Å². The van der Waals surface area contributed by atoms with E-state index in [1.165, 1.54) is 12.0 Å². The van der Waals surface area contributed by atoms with E-state index in [2.05, 4.69) is 66.1 Å². The lowest BCUT2D eigenvalue weighted by atomic mass is 9.55. The Labute approximate surface area is 198 Å². The summed E-state index contributed by atoms with van der Waals surface area (Å²) in [6.45, 7) is 10.6. The van der Waals surface area contributed by atoms with E-state index < -0.39 is 0 Å². The molecule has 3 aliphatic heterocycles. The van der Waals surface area contributed by atoms with E-state index >= 15 is 0 Å². The Balaban J connectivity index is 1.08. The number of benzene rings is 1. The van der Waals surface area contributed by atoms with Crippen LogP contribution >= 0.6 is 0 Å². The fourth-order valence-electron chi connectivity index (χ4n) is 7.60. The number of ether oxygens (including phenoxy) is 2. The molecule has 0 unspecified atom stereocenters. The summed E-state index contributed by atoms with van der Waals surface area (Å²) in [6.07, 6.45) is 9.17. The van der Waals surface area contributed by atoms with E-state index in [4.69, 9.17) is 9.47 Å². The van der Waals surface area contributed by atoms with Gasteiger partial charge >= 0.3 is 5.97 Å². The zero-order valence-corrected chi connectivity index (χ0v) is 20.1. The first kappa shape index (κ1) is 21.8. The van der Waals surface area contributed by atoms with Crippen LogP contribution in [0.5, 0.6) is 0 Å². The Bertz CT molecular complexity index is 911. The van der Waals surface area contributed by atoms with E-state index in [1.807, 2.05) is 0 Å². The summed E-state index contributed by atoms with van der Waals surface area (Å²) in [5.41, 5.74) is 0.847. The van der Waals surface area contributed by atoms with Crippen LogP contribution in [-0.4, -0.2) is 72.3 Å². The molecule has 33 heavy (non-hydrogen) atoms. The average Bonchev–Trinajstić information content (AvgIpc) is 3.45. The summed E-state index contributed by atoms with van der Waals surface area (Å²) in [4.78, 5) is 18.3. The number of nitrogens with zero attached hydrogens (tertiary/aromatic N) is 2. The largest absolute Gasteiger partial charge is 0.455 e. The van der Waals surface area contributed by atoms with E-state index in [1.54, 1.807) is 0 Å². The summed E-state index contributed by atoms with van der Waals surface area (Å²) in [5, 5.41) is 0. The van der Waals surface area contributed by atoms with Gasteiger partial charge in [-0.1, -0.05) is 49.4 Å². The summed E-state index contributed by atoms with van der Waals surface area (Å²) in [7, 11) is 0. The van der Waals surface area contributed by atoms with Gasteiger partial charge in [-0.2, -0.15) is 0 Å². The normalized spacial score (nSPS) is 43.1. The maximum absolute atomic E-state index is 13.3. The average molecular weight is 451 g/mol. The molecule has 3 saturated heterocycles. The Morgan fingerprint density at radius 3 is 2.58 bits per heavy atom. The summed E-state index contributed by atoms with van der Waals surface area (Å²) >= 11 is 0. The second-order valence-corrected chi connectivity index (χ2v) is 11.4. The summed E-state index contributed by atoms with van der Waals surface area (Å²) < 4.78 is 12.7. The lowest BCUT2D eigenvalue weighted by Crippen LogP contribution is -2.58. The fraction of sp³-hybridized carbons (Fsp3) is 0.679. The van der Waals surface area contributed by atoms with Crippen molar-refractivity contribution >= 4 is 12.0 Å². The zero-order chi connectivity index (χ0) is 22.6. The third-order valence-electron chi connectivity index (χ3n) is 9.48. The van der Waals surface area contributed by atoms with Crippen LogP contribution in [0.2, 0.25) is 0 Å². The first-order valence-electron chi connectivity index (χ1n) is 13.1. The number of piperazine rings is 1. The van der Waals surface area contributed by atoms with Crippen LogP contribution in [0.25, 0.3) is 6.08 Å². The Hall–Kier alpha value is -1.69. The molecule has 6 rings (SSSR count). The quantitative estimate of drug-likeness (QED) is 0.504. The van der Waals surface area contributed by atoms with Crippen molar-refractivity contribution < 1.29 is 14.3 Å². The highest BCUT2D eigenvalue weighted by Gasteiger charge is 2.77. The number of carbonyl (C=O) groups excluding carboxylic acids is 1. The molecule has 3 heterocycles. The molecule has 1 aromatic rings. The van der Waals surface area contributed by atoms with Gasteiger partial charge in [0.05, 0.1) is 11.5 Å². The number of esters is 1. The van der Waals surface area contributed by atoms with Crippen molar-refractivity contribution in [2.45, 2.75) is 56.8 Å². The van der Waals surface area contributed by atoms with E-state index in [0.29, 0.717) is 17.8 Å². The van der Waals surface area contributed by atoms with Crippen LogP contribution in [0.15, 0.2) is 36.4 Å². The first-order valence-corrected chi connectivity index (χ1v) is 13.1. The smallest absolute Gasteiger partial charge is 0.311 e. The van der Waals surface area contributed by atoms with Crippen molar-refractivity contribution in [2.75, 3.05) is 39.3 Å².